The summed E-state index contributed by atoms with van der Waals surface area (Å²) >= 11 is 0. The van der Waals surface area contributed by atoms with Gasteiger partial charge in [-0.3, -0.25) is 14.4 Å². The molecule has 0 radical (unpaired) electrons. The number of hydrogen-bond acceptors (Lipinski definition) is 28. The minimum Gasteiger partial charge on any atom is -0.744 e. The van der Waals surface area contributed by atoms with Crippen molar-refractivity contribution in [1.82, 2.24) is 9.30 Å². The Labute approximate surface area is 981 Å². The van der Waals surface area contributed by atoms with E-state index >= 15 is 0 Å². The Morgan fingerprint density at radius 1 is 0.510 bits per heavy atom. The van der Waals surface area contributed by atoms with E-state index in [0.717, 1.165) is 141 Å². The van der Waals surface area contributed by atoms with E-state index in [1.54, 1.807) is 55.6 Å². The first kappa shape index (κ1) is 123. The number of unbranched alkanes of at least 4 members (excludes halogenated alkanes) is 2. The van der Waals surface area contributed by atoms with Crippen molar-refractivity contribution in [2.45, 2.75) is 77.0 Å². The molecule has 12 aromatic carbocycles. The molecule has 0 saturated carbocycles. The molecule has 0 spiro atoms. The number of carboxylic acid groups (broad SMARTS) is 6. The van der Waals surface area contributed by atoms with Crippen molar-refractivity contribution in [2.75, 3.05) is 50.0 Å². The van der Waals surface area contributed by atoms with Crippen LogP contribution in [0.1, 0.15) is 127 Å². The molecule has 149 heavy (non-hydrogen) atoms. The van der Waals surface area contributed by atoms with E-state index in [1.165, 1.54) is 48.5 Å². The molecule has 18 rings (SSSR count). The number of ether oxygens (including phenoxy) is 1. The summed E-state index contributed by atoms with van der Waals surface area (Å²) < 4.78 is 121. The molecule has 5 N–H and O–H groups in total. The molecule has 0 amide bonds. The first-order chi connectivity index (χ1) is 68.1. The summed E-state index contributed by atoms with van der Waals surface area (Å²) in [5.74, 6) is -9.95. The standard InChI is InChI=1S/C30H35N3O8S2.C28H27NO5.C28H15O5.C21H10F2O7.CO2.6Na/c1-4-33(5-2)21-11-14-24-27(18-21)41-26-17-20(31-3)10-13-23(26)30(24)25-15-12-22(19-28(25)43(38,39)40)42(36,37)32-16-8-6-7-9-29(34)35;1-6-29(7-2)23-14-25-22(11-17(23)5)26(21-10-15(3)16(4)12-24(21)34-25)19-9-8-18(27(30)31)13-20(19)28(32)33;29-17-7-11-19-15(13-17)5-9-23-25(21-3-1-2-4-22(21)28(31)32)24-10-6-16-14-18(30)8-12-20(16)27(24)33-26(19)23;22-13-4-11-17(6-15(13)24)30-18-7-16(25)14(23)5-12(18)19(11)9-2-1-8(20(26)27)3-10(9)21(28)29;2-1-3;;;;;;/h10-15,17-19,32H,4-9,16H2,1-3H3,(H2,34,35,38,39,40);8-14H,4,6-7H2,1-3,5H3,(H,30,31)(H,32,33);2-14,29H,(H,31,32);1-7,24H,(H,26,27)(H,28,29);;;;;;;/q;;-1;;;6*+1/p-5. The van der Waals surface area contributed by atoms with Gasteiger partial charge in [-0.25, -0.2) is 34.9 Å². The molecule has 2 aliphatic carbocycles. The Hall–Kier alpha value is -11.4. The average molecular weight is 2110 g/mol. The molecule has 5 aliphatic rings. The van der Waals surface area contributed by atoms with Gasteiger partial charge in [0.05, 0.1) is 39.7 Å². The maximum Gasteiger partial charge on any atom is 1.00 e. The number of benzene rings is 14. The first-order valence-electron chi connectivity index (χ1n) is 44.1. The second-order valence-corrected chi connectivity index (χ2v) is 35.9. The van der Waals surface area contributed by atoms with Crippen LogP contribution in [0.15, 0.2) is 251 Å². The molecule has 1 aromatic heterocycles. The Morgan fingerprint density at radius 3 is 1.66 bits per heavy atom. The fraction of sp³-hybridized carbons (Fsp3) is 0.148. The van der Waals surface area contributed by atoms with Crippen LogP contribution in [0, 0.1) is 31.5 Å². The van der Waals surface area contributed by atoms with Crippen molar-refractivity contribution in [3.63, 3.8) is 0 Å². The Kier molecular flexibility index (Phi) is 43.3. The van der Waals surface area contributed by atoms with Crippen LogP contribution in [-0.4, -0.2) is 118 Å². The number of carboxylic acids is 6. The Bertz CT molecular complexity index is 8730. The molecule has 4 heterocycles. The summed E-state index contributed by atoms with van der Waals surface area (Å²) in [6.07, 6.45) is 1.54. The van der Waals surface area contributed by atoms with Gasteiger partial charge in [-0.1, -0.05) is 73.2 Å². The number of phenols is 2. The van der Waals surface area contributed by atoms with E-state index in [1.807, 2.05) is 94.4 Å². The maximum absolute atomic E-state index is 14.1. The van der Waals surface area contributed by atoms with Gasteiger partial charge in [0, 0.05) is 168 Å². The predicted octanol–water partition coefficient (Wildman–Crippen LogP) is -6.97. The molecule has 3 aliphatic heterocycles. The number of carbonyl (C=O) groups excluding carboxylic acids is 7. The van der Waals surface area contributed by atoms with E-state index < -0.39 is 94.8 Å². The Morgan fingerprint density at radius 2 is 1.07 bits per heavy atom. The van der Waals surface area contributed by atoms with Gasteiger partial charge in [-0.15, -0.1) is 11.1 Å². The summed E-state index contributed by atoms with van der Waals surface area (Å²) in [4.78, 5) is 110. The van der Waals surface area contributed by atoms with Gasteiger partial charge < -0.3 is 97.6 Å². The van der Waals surface area contributed by atoms with Gasteiger partial charge in [-0.2, -0.15) is 33.9 Å². The number of rotatable bonds is 24. The van der Waals surface area contributed by atoms with Crippen LogP contribution in [-0.2, 0) is 34.5 Å². The molecule has 0 saturated heterocycles. The number of phenolic OH excluding ortho intramolecular Hbond substituents is 2. The van der Waals surface area contributed by atoms with Crippen molar-refractivity contribution in [1.29, 1.82) is 0 Å². The normalized spacial score (nSPS) is 11.1. The smallest absolute Gasteiger partial charge is 0.744 e. The summed E-state index contributed by atoms with van der Waals surface area (Å²) in [7, 11) is -7.54. The minimum absolute atomic E-state index is 0. The van der Waals surface area contributed by atoms with Crippen LogP contribution in [0.3, 0.4) is 0 Å². The third kappa shape index (κ3) is 26.7. The number of aromatic hydroxyl groups is 2. The Balaban J connectivity index is 0.000000238. The van der Waals surface area contributed by atoms with Gasteiger partial charge in [0.2, 0.25) is 20.8 Å². The third-order valence-electron chi connectivity index (χ3n) is 24.2. The number of aromatic carboxylic acids is 5. The molecule has 0 unspecified atom stereocenters. The molecule has 31 nitrogen and oxygen atoms in total. The number of carbonyl (C=O) groups is 6. The van der Waals surface area contributed by atoms with Crippen LogP contribution in [0.2, 0.25) is 0 Å². The number of hydrogen-bond donors (Lipinski definition) is 5. The van der Waals surface area contributed by atoms with Gasteiger partial charge in [0.1, 0.15) is 74.3 Å². The predicted molar refractivity (Wildman–Crippen MR) is 516 cm³/mol. The summed E-state index contributed by atoms with van der Waals surface area (Å²) in [5, 5.41) is 96.9. The van der Waals surface area contributed by atoms with Crippen molar-refractivity contribution in [2.24, 2.45) is 0 Å². The second kappa shape index (κ2) is 52.6. The van der Waals surface area contributed by atoms with Crippen molar-refractivity contribution in [3.05, 3.63) is 322 Å². The topological polar surface area (TPSA) is 517 Å². The molecule has 41 heteroatoms. The zero-order chi connectivity index (χ0) is 103. The number of nitrogens with one attached hydrogen (secondary N) is 2. The second-order valence-electron chi connectivity index (χ2n) is 32.8. The van der Waals surface area contributed by atoms with Gasteiger partial charge in [0.15, 0.2) is 22.8 Å². The molecule has 0 bridgehead atoms. The van der Waals surface area contributed by atoms with Gasteiger partial charge >= 0.3 is 189 Å². The van der Waals surface area contributed by atoms with Crippen LogP contribution in [0.25, 0.3) is 134 Å². The molecule has 728 valence electrons. The van der Waals surface area contributed by atoms with E-state index in [-0.39, 0.29) is 268 Å². The number of fused-ring (bicyclic) bond motifs is 12. The van der Waals surface area contributed by atoms with E-state index in [0.29, 0.717) is 108 Å². The van der Waals surface area contributed by atoms with Crippen LogP contribution < -0.4 is 254 Å². The zero-order valence-corrected chi connectivity index (χ0v) is 96.6. The van der Waals surface area contributed by atoms with Crippen LogP contribution >= 0.6 is 0 Å². The molecular formula is C108H82F2N4Na6O27S2. The summed E-state index contributed by atoms with van der Waals surface area (Å²) in [5.41, 5.74) is 6.14. The average Bonchev–Trinajstić information content (AvgIpc) is 0.709. The quantitative estimate of drug-likeness (QED) is 0.00714. The van der Waals surface area contributed by atoms with Crippen molar-refractivity contribution < 1.29 is 305 Å². The largest absolute Gasteiger partial charge is 1.00 e. The first-order valence-corrected chi connectivity index (χ1v) is 47.0. The SMILES string of the molecule is C=c1cc2c(cc1C)=C(c1ccc(C(=O)[O-])cc1C(=O)[O-])c1cc(C)c(N(CC)CC)cc1O2.CC[N+](CC)=c1ccc2c(-c3ccc(S(=O)(=O)NCCCCCC(=O)O)cc3S(=O)(=O)[O-])c3ccc(NC)cc3oc-2c1.O=C([O-])c1cc[c-]cc1-c1c2ccc3cc(O)ccc3c2oc2c1ccc1cc(=O)ccc12.O=C([O-])c1ccc(-c2c3cc(F)c(=O)cc-3oc3cc(O)c(F)cc23)c(C(=O)[O-])c1.O=C=O.[Na+].[Na+].[Na+].[Na+].[Na+].[Na+]. The maximum atomic E-state index is 14.1. The molecule has 0 atom stereocenters. The van der Waals surface area contributed by atoms with Gasteiger partial charge in [0.25, 0.3) is 0 Å². The number of anilines is 2. The van der Waals surface area contributed by atoms with Crippen molar-refractivity contribution in [3.8, 4) is 79.0 Å². The van der Waals surface area contributed by atoms with E-state index in [2.05, 4.69) is 46.0 Å². The minimum atomic E-state index is -5.13. The third-order valence-corrected chi connectivity index (χ3v) is 26.5. The number of nitrogens with zero attached hydrogens (tertiary/aromatic N) is 2. The number of aryl methyl sites for hydroxylation is 2. The zero-order valence-electron chi connectivity index (χ0n) is 83.0. The fourth-order valence-electron chi connectivity index (χ4n) is 17.3. The summed E-state index contributed by atoms with van der Waals surface area (Å²) in [6, 6.07) is 57.0. The van der Waals surface area contributed by atoms with Crippen LogP contribution in [0.4, 0.5) is 20.2 Å². The molecule has 13 aromatic rings. The van der Waals surface area contributed by atoms with E-state index in [4.69, 9.17) is 32.7 Å². The van der Waals surface area contributed by atoms with Crippen molar-refractivity contribution >= 4 is 151 Å². The molecule has 0 fully saturated rings. The number of sulfonamides is 1. The molecular weight excluding hydrogens is 2030 g/mol. The van der Waals surface area contributed by atoms with Crippen LogP contribution in [0.5, 0.6) is 23.0 Å². The fourth-order valence-corrected chi connectivity index (χ4v) is 19.2. The summed E-state index contributed by atoms with van der Waals surface area (Å²) in [6.45, 7) is 19.4. The number of halogens is 2. The van der Waals surface area contributed by atoms with E-state index in [9.17, 15) is 104 Å². The number of aliphatic carboxylic acids is 1. The monoisotopic (exact) mass is 2110 g/mol. The van der Waals surface area contributed by atoms with Gasteiger partial charge in [-0.05, 0) is 213 Å².